The number of para-hydroxylation sites is 1. The third-order valence-corrected chi connectivity index (χ3v) is 14.1. The van der Waals surface area contributed by atoms with Crippen LogP contribution in [0.1, 0.15) is 45.9 Å². The maximum atomic E-state index is 2.49. The van der Waals surface area contributed by atoms with Crippen LogP contribution in [0, 0.1) is 0 Å². The molecule has 2 aliphatic rings. The predicted octanol–water partition coefficient (Wildman–Crippen LogP) is 16.2. The molecular formula is C63H45N. The largest absolute Gasteiger partial charge is 0.309 e. The first-order chi connectivity index (χ1) is 31.7. The Bertz CT molecular complexity index is 3280. The fourth-order valence-corrected chi connectivity index (χ4v) is 11.2. The maximum absolute atomic E-state index is 2.49. The quantitative estimate of drug-likeness (QED) is 0.148. The van der Waals surface area contributed by atoms with Gasteiger partial charge in [0.1, 0.15) is 0 Å². The van der Waals surface area contributed by atoms with Crippen molar-refractivity contribution in [3.05, 3.63) is 294 Å². The third-order valence-electron chi connectivity index (χ3n) is 14.1. The highest BCUT2D eigenvalue weighted by molar-refractivity contribution is 5.99. The second kappa shape index (κ2) is 15.1. The van der Waals surface area contributed by atoms with E-state index in [4.69, 9.17) is 0 Å². The van der Waals surface area contributed by atoms with Gasteiger partial charge in [-0.3, -0.25) is 0 Å². The lowest BCUT2D eigenvalue weighted by Gasteiger charge is -2.34. The highest BCUT2D eigenvalue weighted by Gasteiger charge is 2.46. The van der Waals surface area contributed by atoms with Crippen molar-refractivity contribution in [2.45, 2.75) is 17.8 Å². The van der Waals surface area contributed by atoms with E-state index in [9.17, 15) is 0 Å². The van der Waals surface area contributed by atoms with Gasteiger partial charge in [-0.05, 0) is 110 Å². The highest BCUT2D eigenvalue weighted by atomic mass is 15.1. The van der Waals surface area contributed by atoms with Crippen molar-refractivity contribution in [2.24, 2.45) is 0 Å². The van der Waals surface area contributed by atoms with Gasteiger partial charge >= 0.3 is 0 Å². The Morgan fingerprint density at radius 3 is 1.45 bits per heavy atom. The van der Waals surface area contributed by atoms with E-state index in [2.05, 4.69) is 267 Å². The molecule has 0 saturated heterocycles. The molecule has 0 bridgehead atoms. The van der Waals surface area contributed by atoms with E-state index in [0.29, 0.717) is 0 Å². The Labute approximate surface area is 376 Å². The third kappa shape index (κ3) is 5.64. The summed E-state index contributed by atoms with van der Waals surface area (Å²) < 4.78 is 0. The lowest BCUT2D eigenvalue weighted by atomic mass is 9.67. The summed E-state index contributed by atoms with van der Waals surface area (Å²) in [7, 11) is 0. The molecular weight excluding hydrogens is 771 g/mol. The van der Waals surface area contributed by atoms with Crippen molar-refractivity contribution in [1.82, 2.24) is 0 Å². The Balaban J connectivity index is 1.05. The molecule has 0 aromatic heterocycles. The smallest absolute Gasteiger partial charge is 0.0713 e. The lowest BCUT2D eigenvalue weighted by molar-refractivity contribution is 0.714. The van der Waals surface area contributed by atoms with Gasteiger partial charge in [-0.2, -0.15) is 0 Å². The first kappa shape index (κ1) is 37.7. The van der Waals surface area contributed by atoms with E-state index in [1.54, 1.807) is 0 Å². The van der Waals surface area contributed by atoms with E-state index >= 15 is 0 Å². The number of benzene rings is 10. The summed E-state index contributed by atoms with van der Waals surface area (Å²) in [6, 6.07) is 94.0. The van der Waals surface area contributed by atoms with Crippen LogP contribution in [0.4, 0.5) is 17.1 Å². The molecule has 0 saturated carbocycles. The summed E-state index contributed by atoms with van der Waals surface area (Å²) in [5.74, 6) is 0. The average Bonchev–Trinajstić information content (AvgIpc) is 3.83. The normalized spacial score (nSPS) is 15.1. The molecule has 0 amide bonds. The van der Waals surface area contributed by atoms with Gasteiger partial charge in [0, 0.05) is 22.2 Å². The second-order valence-corrected chi connectivity index (χ2v) is 17.3. The van der Waals surface area contributed by atoms with Gasteiger partial charge in [0.05, 0.1) is 16.8 Å². The van der Waals surface area contributed by atoms with Gasteiger partial charge in [-0.25, -0.2) is 0 Å². The van der Waals surface area contributed by atoms with Crippen molar-refractivity contribution >= 4 is 17.1 Å². The lowest BCUT2D eigenvalue weighted by Crippen LogP contribution is -2.28. The zero-order valence-electron chi connectivity index (χ0n) is 35.7. The summed E-state index contributed by atoms with van der Waals surface area (Å²) in [6.45, 7) is 2.40. The summed E-state index contributed by atoms with van der Waals surface area (Å²) in [5.41, 5.74) is 21.6. The van der Waals surface area contributed by atoms with Crippen LogP contribution in [-0.4, -0.2) is 0 Å². The molecule has 0 radical (unpaired) electrons. The first-order valence-corrected chi connectivity index (χ1v) is 22.3. The van der Waals surface area contributed by atoms with Gasteiger partial charge in [-0.15, -0.1) is 0 Å². The molecule has 1 unspecified atom stereocenters. The molecule has 10 aromatic carbocycles. The molecule has 1 nitrogen and oxygen atoms in total. The van der Waals surface area contributed by atoms with Crippen molar-refractivity contribution in [2.75, 3.05) is 4.90 Å². The number of hydrogen-bond acceptors (Lipinski definition) is 1. The molecule has 0 N–H and O–H groups in total. The van der Waals surface area contributed by atoms with Crippen LogP contribution >= 0.6 is 0 Å². The summed E-state index contributed by atoms with van der Waals surface area (Å²) >= 11 is 0. The zero-order chi connectivity index (χ0) is 42.7. The SMILES string of the molecule is CC1(c2ccccc2)c2ccccc2-c2c(N(c3ccc(-c4ccc5c(c4)C(c4ccccc4)(c4ccccc4)c4ccccc4-5)cc3)c3ccccc3-c3ccccc3)cccc21. The number of hydrogen-bond donors (Lipinski definition) is 0. The Hall–Kier alpha value is -8.00. The van der Waals surface area contributed by atoms with Crippen LogP contribution in [0.25, 0.3) is 44.5 Å². The van der Waals surface area contributed by atoms with Gasteiger partial charge in [0.2, 0.25) is 0 Å². The molecule has 302 valence electrons. The number of fused-ring (bicyclic) bond motifs is 6. The predicted molar refractivity (Wildman–Crippen MR) is 267 cm³/mol. The molecule has 1 heteroatoms. The molecule has 1 atom stereocenters. The maximum Gasteiger partial charge on any atom is 0.0713 e. The molecule has 10 aromatic rings. The molecule has 12 rings (SSSR count). The zero-order valence-corrected chi connectivity index (χ0v) is 35.7. The van der Waals surface area contributed by atoms with E-state index in [0.717, 1.165) is 17.1 Å². The molecule has 0 fully saturated rings. The van der Waals surface area contributed by atoms with Crippen LogP contribution in [-0.2, 0) is 10.8 Å². The molecule has 64 heavy (non-hydrogen) atoms. The summed E-state index contributed by atoms with van der Waals surface area (Å²) in [6.07, 6.45) is 0. The van der Waals surface area contributed by atoms with Crippen LogP contribution < -0.4 is 4.90 Å². The Morgan fingerprint density at radius 2 is 0.781 bits per heavy atom. The van der Waals surface area contributed by atoms with E-state index in [1.807, 2.05) is 0 Å². The van der Waals surface area contributed by atoms with Crippen molar-refractivity contribution in [1.29, 1.82) is 0 Å². The Kier molecular flexibility index (Phi) is 8.91. The van der Waals surface area contributed by atoms with Gasteiger partial charge < -0.3 is 4.90 Å². The summed E-state index contributed by atoms with van der Waals surface area (Å²) in [5, 5.41) is 0. The van der Waals surface area contributed by atoms with E-state index in [1.165, 1.54) is 83.5 Å². The highest BCUT2D eigenvalue weighted by Crippen LogP contribution is 2.59. The van der Waals surface area contributed by atoms with Crippen molar-refractivity contribution < 1.29 is 0 Å². The van der Waals surface area contributed by atoms with Crippen LogP contribution in [0.3, 0.4) is 0 Å². The molecule has 2 aliphatic carbocycles. The van der Waals surface area contributed by atoms with Gasteiger partial charge in [-0.1, -0.05) is 224 Å². The van der Waals surface area contributed by atoms with Gasteiger partial charge in [0.25, 0.3) is 0 Å². The fraction of sp³-hybridized carbons (Fsp3) is 0.0476. The van der Waals surface area contributed by atoms with Crippen LogP contribution in [0.5, 0.6) is 0 Å². The van der Waals surface area contributed by atoms with Crippen molar-refractivity contribution in [3.63, 3.8) is 0 Å². The monoisotopic (exact) mass is 815 g/mol. The molecule has 0 heterocycles. The Morgan fingerprint density at radius 1 is 0.297 bits per heavy atom. The molecule has 0 spiro atoms. The minimum Gasteiger partial charge on any atom is -0.309 e. The van der Waals surface area contributed by atoms with Gasteiger partial charge in [0.15, 0.2) is 0 Å². The standard InChI is InChI=1S/C63H45N/c1-62(47-23-8-3-9-24-47)55-32-17-15-31-54(55)61-57(62)34-20-36-60(61)64(59-35-19-16-29-51(59)45-21-6-2-7-22-45)50-40-37-44(38-41-50)46-39-42-53-52-30-14-18-33-56(52)63(58(53)43-46,48-25-10-4-11-26-48)49-27-12-5-13-28-49/h2-43H,1H3. The number of nitrogens with zero attached hydrogens (tertiary/aromatic N) is 1. The van der Waals surface area contributed by atoms with Crippen LogP contribution in [0.2, 0.25) is 0 Å². The van der Waals surface area contributed by atoms with Crippen molar-refractivity contribution in [3.8, 4) is 44.5 Å². The summed E-state index contributed by atoms with van der Waals surface area (Å²) in [4.78, 5) is 2.49. The molecule has 0 aliphatic heterocycles. The average molecular weight is 816 g/mol. The minimum absolute atomic E-state index is 0.320. The fourth-order valence-electron chi connectivity index (χ4n) is 11.2. The van der Waals surface area contributed by atoms with E-state index in [-0.39, 0.29) is 5.41 Å². The van der Waals surface area contributed by atoms with Crippen LogP contribution in [0.15, 0.2) is 255 Å². The second-order valence-electron chi connectivity index (χ2n) is 17.3. The minimum atomic E-state index is -0.458. The van der Waals surface area contributed by atoms with E-state index < -0.39 is 5.41 Å². The number of rotatable bonds is 8. The first-order valence-electron chi connectivity index (χ1n) is 22.3. The number of anilines is 3. The topological polar surface area (TPSA) is 3.24 Å².